The van der Waals surface area contributed by atoms with Crippen LogP contribution in [0, 0.1) is 11.3 Å². The quantitative estimate of drug-likeness (QED) is 0.321. The highest BCUT2D eigenvalue weighted by atomic mass is 127. The molecule has 2 aliphatic rings. The summed E-state index contributed by atoms with van der Waals surface area (Å²) < 4.78 is 25.3. The summed E-state index contributed by atoms with van der Waals surface area (Å²) in [4.78, 5) is 4.33. The molecule has 154 valence electrons. The average molecular weight is 500 g/mol. The van der Waals surface area contributed by atoms with Crippen molar-refractivity contribution in [2.45, 2.75) is 64.8 Å². The lowest BCUT2D eigenvalue weighted by molar-refractivity contribution is 0.234. The van der Waals surface area contributed by atoms with Crippen LogP contribution in [-0.4, -0.2) is 57.7 Å². The van der Waals surface area contributed by atoms with Crippen molar-refractivity contribution >= 4 is 40.0 Å². The maximum Gasteiger partial charge on any atom is 0.211 e. The van der Waals surface area contributed by atoms with E-state index in [1.807, 2.05) is 0 Å². The number of halogens is 1. The Bertz CT molecular complexity index is 560. The highest BCUT2D eigenvalue weighted by molar-refractivity contribution is 14.0. The molecule has 6 nitrogen and oxygen atoms in total. The molecule has 0 aromatic rings. The molecule has 26 heavy (non-hydrogen) atoms. The van der Waals surface area contributed by atoms with Gasteiger partial charge in [0.15, 0.2) is 5.96 Å². The predicted octanol–water partition coefficient (Wildman–Crippen LogP) is 2.80. The third-order valence-corrected chi connectivity index (χ3v) is 6.95. The van der Waals surface area contributed by atoms with E-state index >= 15 is 0 Å². The van der Waals surface area contributed by atoms with E-state index < -0.39 is 10.0 Å². The van der Waals surface area contributed by atoms with E-state index in [0.29, 0.717) is 24.4 Å². The van der Waals surface area contributed by atoms with Crippen LogP contribution in [0.2, 0.25) is 0 Å². The number of sulfonamides is 1. The van der Waals surface area contributed by atoms with Crippen molar-refractivity contribution in [3.63, 3.8) is 0 Å². The van der Waals surface area contributed by atoms with Crippen LogP contribution in [0.5, 0.6) is 0 Å². The number of rotatable bonds is 7. The van der Waals surface area contributed by atoms with Gasteiger partial charge >= 0.3 is 0 Å². The van der Waals surface area contributed by atoms with Gasteiger partial charge in [-0.3, -0.25) is 4.99 Å². The SMILES string of the molecule is CN=C(NC[C@H]1CCCN1S(C)(=O)=O)NCC1(CC(C)C)CCCC1.I. The zero-order valence-corrected chi connectivity index (χ0v) is 19.9. The average Bonchev–Trinajstić information content (AvgIpc) is 3.16. The van der Waals surface area contributed by atoms with Gasteiger partial charge < -0.3 is 10.6 Å². The molecular formula is C18H37IN4O2S. The van der Waals surface area contributed by atoms with Gasteiger partial charge in [-0.1, -0.05) is 26.7 Å². The maximum absolute atomic E-state index is 11.9. The number of guanidine groups is 1. The molecule has 2 fully saturated rings. The lowest BCUT2D eigenvalue weighted by atomic mass is 9.78. The summed E-state index contributed by atoms with van der Waals surface area (Å²) >= 11 is 0. The summed E-state index contributed by atoms with van der Waals surface area (Å²) in [5.41, 5.74) is 0.387. The first-order valence-corrected chi connectivity index (χ1v) is 11.5. The Hall–Kier alpha value is -0.0900. The van der Waals surface area contributed by atoms with Gasteiger partial charge in [-0.25, -0.2) is 8.42 Å². The van der Waals surface area contributed by atoms with Crippen LogP contribution in [0.15, 0.2) is 4.99 Å². The van der Waals surface area contributed by atoms with Crippen molar-refractivity contribution in [3.8, 4) is 0 Å². The monoisotopic (exact) mass is 500 g/mol. The van der Waals surface area contributed by atoms with Crippen LogP contribution in [0.4, 0.5) is 0 Å². The number of nitrogens with zero attached hydrogens (tertiary/aromatic N) is 2. The maximum atomic E-state index is 11.9. The van der Waals surface area contributed by atoms with Gasteiger partial charge in [-0.15, -0.1) is 24.0 Å². The Morgan fingerprint density at radius 1 is 1.23 bits per heavy atom. The zero-order chi connectivity index (χ0) is 18.5. The minimum Gasteiger partial charge on any atom is -0.356 e. The predicted molar refractivity (Wildman–Crippen MR) is 120 cm³/mol. The Morgan fingerprint density at radius 2 is 1.88 bits per heavy atom. The lowest BCUT2D eigenvalue weighted by Crippen LogP contribution is -2.48. The molecule has 8 heteroatoms. The summed E-state index contributed by atoms with van der Waals surface area (Å²) in [6.07, 6.45) is 9.63. The number of nitrogens with one attached hydrogen (secondary N) is 2. The first kappa shape index (κ1) is 23.9. The number of aliphatic imine (C=N–C) groups is 1. The topological polar surface area (TPSA) is 73.8 Å². The molecule has 1 saturated carbocycles. The van der Waals surface area contributed by atoms with E-state index in [0.717, 1.165) is 25.3 Å². The fourth-order valence-corrected chi connectivity index (χ4v) is 5.78. The molecule has 0 spiro atoms. The molecule has 1 aliphatic heterocycles. The Kier molecular flexibility index (Phi) is 9.63. The molecule has 2 N–H and O–H groups in total. The number of hydrogen-bond acceptors (Lipinski definition) is 3. The first-order chi connectivity index (χ1) is 11.8. The summed E-state index contributed by atoms with van der Waals surface area (Å²) in [7, 11) is -1.34. The lowest BCUT2D eigenvalue weighted by Gasteiger charge is -2.32. The Balaban J connectivity index is 0.00000338. The molecule has 2 rings (SSSR count). The van der Waals surface area contributed by atoms with Gasteiger partial charge in [0, 0.05) is 32.7 Å². The summed E-state index contributed by atoms with van der Waals surface area (Å²) in [6, 6.07) is 0.0321. The van der Waals surface area contributed by atoms with E-state index in [1.165, 1.54) is 38.4 Å². The van der Waals surface area contributed by atoms with E-state index in [9.17, 15) is 8.42 Å². The summed E-state index contributed by atoms with van der Waals surface area (Å²) in [5, 5.41) is 6.85. The van der Waals surface area contributed by atoms with Crippen LogP contribution in [0.25, 0.3) is 0 Å². The van der Waals surface area contributed by atoms with Gasteiger partial charge in [-0.05, 0) is 43.4 Å². The van der Waals surface area contributed by atoms with Crippen LogP contribution in [-0.2, 0) is 10.0 Å². The molecule has 1 atom stereocenters. The van der Waals surface area contributed by atoms with Gasteiger partial charge in [0.05, 0.1) is 6.26 Å². The highest BCUT2D eigenvalue weighted by Gasteiger charge is 2.35. The molecule has 1 heterocycles. The van der Waals surface area contributed by atoms with E-state index in [4.69, 9.17) is 0 Å². The second-order valence-corrected chi connectivity index (χ2v) is 10.2. The third kappa shape index (κ3) is 6.82. The second kappa shape index (κ2) is 10.5. The molecule has 0 aromatic carbocycles. The molecule has 0 radical (unpaired) electrons. The molecule has 0 bridgehead atoms. The van der Waals surface area contributed by atoms with E-state index in [-0.39, 0.29) is 30.0 Å². The van der Waals surface area contributed by atoms with Crippen molar-refractivity contribution in [2.24, 2.45) is 16.3 Å². The Labute approximate surface area is 177 Å². The zero-order valence-electron chi connectivity index (χ0n) is 16.8. The van der Waals surface area contributed by atoms with Gasteiger partial charge in [0.25, 0.3) is 0 Å². The highest BCUT2D eigenvalue weighted by Crippen LogP contribution is 2.42. The van der Waals surface area contributed by atoms with Crippen LogP contribution < -0.4 is 10.6 Å². The van der Waals surface area contributed by atoms with E-state index in [1.54, 1.807) is 11.4 Å². The molecule has 0 amide bonds. The van der Waals surface area contributed by atoms with Crippen LogP contribution in [0.1, 0.15) is 58.8 Å². The number of hydrogen-bond donors (Lipinski definition) is 2. The van der Waals surface area contributed by atoms with Crippen molar-refractivity contribution in [1.82, 2.24) is 14.9 Å². The van der Waals surface area contributed by atoms with Crippen molar-refractivity contribution in [3.05, 3.63) is 0 Å². The van der Waals surface area contributed by atoms with Crippen LogP contribution in [0.3, 0.4) is 0 Å². The van der Waals surface area contributed by atoms with E-state index in [2.05, 4.69) is 29.5 Å². The minimum atomic E-state index is -3.12. The Morgan fingerprint density at radius 3 is 2.42 bits per heavy atom. The molecule has 1 saturated heterocycles. The first-order valence-electron chi connectivity index (χ1n) is 9.67. The third-order valence-electron chi connectivity index (χ3n) is 5.61. The fraction of sp³-hybridized carbons (Fsp3) is 0.944. The molecule has 0 unspecified atom stereocenters. The smallest absolute Gasteiger partial charge is 0.211 e. The molecule has 0 aromatic heterocycles. The van der Waals surface area contributed by atoms with Crippen molar-refractivity contribution < 1.29 is 8.42 Å². The van der Waals surface area contributed by atoms with Crippen molar-refractivity contribution in [2.75, 3.05) is 32.9 Å². The minimum absolute atomic E-state index is 0. The normalized spacial score (nSPS) is 23.9. The fourth-order valence-electron chi connectivity index (χ4n) is 4.60. The van der Waals surface area contributed by atoms with Crippen molar-refractivity contribution in [1.29, 1.82) is 0 Å². The molecule has 1 aliphatic carbocycles. The van der Waals surface area contributed by atoms with Gasteiger partial charge in [0.1, 0.15) is 0 Å². The molecular weight excluding hydrogens is 463 g/mol. The standard InChI is InChI=1S/C18H36N4O2S.HI/c1-15(2)12-18(9-5-6-10-18)14-21-17(19-3)20-13-16-8-7-11-22(16)25(4,23)24;/h15-16H,5-14H2,1-4H3,(H2,19,20,21);1H/t16-;/m1./s1. The summed E-state index contributed by atoms with van der Waals surface area (Å²) in [5.74, 6) is 1.49. The van der Waals surface area contributed by atoms with Gasteiger partial charge in [-0.2, -0.15) is 4.31 Å². The van der Waals surface area contributed by atoms with Gasteiger partial charge in [0.2, 0.25) is 10.0 Å². The van der Waals surface area contributed by atoms with Crippen LogP contribution >= 0.6 is 24.0 Å². The second-order valence-electron chi connectivity index (χ2n) is 8.28. The largest absolute Gasteiger partial charge is 0.356 e. The summed E-state index contributed by atoms with van der Waals surface area (Å²) in [6.45, 7) is 6.80.